The van der Waals surface area contributed by atoms with Gasteiger partial charge in [0.15, 0.2) is 6.61 Å². The zero-order valence-corrected chi connectivity index (χ0v) is 18.4. The predicted molar refractivity (Wildman–Crippen MR) is 119 cm³/mol. The molecule has 1 N–H and O–H groups in total. The Balaban J connectivity index is 1.16. The van der Waals surface area contributed by atoms with Crippen LogP contribution < -0.4 is 14.8 Å². The molecular weight excluding hydrogens is 439 g/mol. The Morgan fingerprint density at radius 2 is 1.52 bits per heavy atom. The van der Waals surface area contributed by atoms with Gasteiger partial charge in [0.25, 0.3) is 5.91 Å². The van der Waals surface area contributed by atoms with E-state index in [0.717, 1.165) is 25.0 Å². The molecule has 6 nitrogen and oxygen atoms in total. The van der Waals surface area contributed by atoms with Gasteiger partial charge in [0.1, 0.15) is 17.6 Å². The third-order valence-electron chi connectivity index (χ3n) is 5.51. The van der Waals surface area contributed by atoms with Crippen LogP contribution >= 0.6 is 23.2 Å². The number of benzene rings is 2. The van der Waals surface area contributed by atoms with Crippen LogP contribution in [0.15, 0.2) is 48.5 Å². The Hall–Kier alpha value is -2.44. The van der Waals surface area contributed by atoms with Crippen LogP contribution in [0.25, 0.3) is 0 Å². The Labute approximate surface area is 191 Å². The van der Waals surface area contributed by atoms with Crippen LogP contribution in [-0.2, 0) is 9.59 Å². The largest absolute Gasteiger partial charge is 0.490 e. The number of amides is 2. The number of halogens is 2. The standard InChI is InChI=1S/C23H24Cl2N2O4/c24-15-1-5-18(6-2-15)30-14-22(28)26-17-9-11-27(12-10-17)23(29)20-13-21(20)31-19-7-3-16(25)4-8-19/h1-8,17,20-21H,9-14H2,(H,26,28). The number of hydrogen-bond donors (Lipinski definition) is 1. The van der Waals surface area contributed by atoms with Crippen LogP contribution in [-0.4, -0.2) is 48.6 Å². The fourth-order valence-electron chi connectivity index (χ4n) is 3.68. The van der Waals surface area contributed by atoms with Gasteiger partial charge in [-0.1, -0.05) is 23.2 Å². The number of carbonyl (C=O) groups is 2. The summed E-state index contributed by atoms with van der Waals surface area (Å²) < 4.78 is 11.3. The summed E-state index contributed by atoms with van der Waals surface area (Å²) in [4.78, 5) is 26.8. The van der Waals surface area contributed by atoms with E-state index in [1.165, 1.54) is 0 Å². The van der Waals surface area contributed by atoms with E-state index in [-0.39, 0.29) is 36.5 Å². The number of nitrogens with zero attached hydrogens (tertiary/aromatic N) is 1. The number of nitrogens with one attached hydrogen (secondary N) is 1. The van der Waals surface area contributed by atoms with Crippen molar-refractivity contribution in [3.63, 3.8) is 0 Å². The van der Waals surface area contributed by atoms with Gasteiger partial charge in [-0.3, -0.25) is 9.59 Å². The van der Waals surface area contributed by atoms with Crippen molar-refractivity contribution in [3.05, 3.63) is 58.6 Å². The summed E-state index contributed by atoms with van der Waals surface area (Å²) in [5.41, 5.74) is 0. The summed E-state index contributed by atoms with van der Waals surface area (Å²) in [6.07, 6.45) is 2.12. The van der Waals surface area contributed by atoms with E-state index in [9.17, 15) is 9.59 Å². The number of piperidine rings is 1. The minimum Gasteiger partial charge on any atom is -0.490 e. The van der Waals surface area contributed by atoms with Gasteiger partial charge in [0, 0.05) is 35.6 Å². The lowest BCUT2D eigenvalue weighted by molar-refractivity contribution is -0.134. The summed E-state index contributed by atoms with van der Waals surface area (Å²) in [5.74, 6) is 1.20. The molecule has 0 bridgehead atoms. The first-order valence-corrected chi connectivity index (χ1v) is 11.1. The molecule has 2 unspecified atom stereocenters. The molecule has 1 saturated carbocycles. The molecule has 2 aromatic carbocycles. The third kappa shape index (κ3) is 6.05. The molecule has 164 valence electrons. The van der Waals surface area contributed by atoms with Crippen molar-refractivity contribution < 1.29 is 19.1 Å². The molecular formula is C23H24Cl2N2O4. The smallest absolute Gasteiger partial charge is 0.258 e. The van der Waals surface area contributed by atoms with Gasteiger partial charge >= 0.3 is 0 Å². The highest BCUT2D eigenvalue weighted by molar-refractivity contribution is 6.30. The van der Waals surface area contributed by atoms with E-state index >= 15 is 0 Å². The van der Waals surface area contributed by atoms with Crippen LogP contribution in [0.5, 0.6) is 11.5 Å². The second-order valence-electron chi connectivity index (χ2n) is 7.86. The number of rotatable bonds is 7. The average Bonchev–Trinajstić information content (AvgIpc) is 3.54. The molecule has 0 spiro atoms. The van der Waals surface area contributed by atoms with Crippen molar-refractivity contribution >= 4 is 35.0 Å². The number of likely N-dealkylation sites (tertiary alicyclic amines) is 1. The van der Waals surface area contributed by atoms with E-state index in [0.29, 0.717) is 28.9 Å². The first kappa shape index (κ1) is 21.8. The first-order chi connectivity index (χ1) is 15.0. The third-order valence-corrected chi connectivity index (χ3v) is 6.01. The van der Waals surface area contributed by atoms with E-state index in [2.05, 4.69) is 5.32 Å². The summed E-state index contributed by atoms with van der Waals surface area (Å²) >= 11 is 11.7. The molecule has 1 aliphatic heterocycles. The van der Waals surface area contributed by atoms with Crippen molar-refractivity contribution in [1.29, 1.82) is 0 Å². The second-order valence-corrected chi connectivity index (χ2v) is 8.73. The number of hydrogen-bond acceptors (Lipinski definition) is 4. The fraction of sp³-hybridized carbons (Fsp3) is 0.391. The zero-order valence-electron chi connectivity index (χ0n) is 16.9. The molecule has 2 fully saturated rings. The number of carbonyl (C=O) groups excluding carboxylic acids is 2. The van der Waals surface area contributed by atoms with Gasteiger partial charge in [-0.2, -0.15) is 0 Å². The lowest BCUT2D eigenvalue weighted by Gasteiger charge is -2.32. The van der Waals surface area contributed by atoms with Crippen LogP contribution in [0.2, 0.25) is 10.0 Å². The van der Waals surface area contributed by atoms with Gasteiger partial charge < -0.3 is 19.7 Å². The summed E-state index contributed by atoms with van der Waals surface area (Å²) in [6, 6.07) is 14.1. The van der Waals surface area contributed by atoms with Crippen LogP contribution in [0.4, 0.5) is 0 Å². The monoisotopic (exact) mass is 462 g/mol. The predicted octanol–water partition coefficient (Wildman–Crippen LogP) is 3.95. The quantitative estimate of drug-likeness (QED) is 0.676. The molecule has 4 rings (SSSR count). The van der Waals surface area contributed by atoms with Crippen LogP contribution in [0.3, 0.4) is 0 Å². The molecule has 31 heavy (non-hydrogen) atoms. The van der Waals surface area contributed by atoms with E-state index < -0.39 is 0 Å². The lowest BCUT2D eigenvalue weighted by atomic mass is 10.0. The van der Waals surface area contributed by atoms with Crippen molar-refractivity contribution in [2.24, 2.45) is 5.92 Å². The van der Waals surface area contributed by atoms with Crippen molar-refractivity contribution in [2.75, 3.05) is 19.7 Å². The maximum Gasteiger partial charge on any atom is 0.258 e. The molecule has 2 aliphatic rings. The Kier molecular flexibility index (Phi) is 6.88. The Morgan fingerprint density at radius 3 is 2.13 bits per heavy atom. The van der Waals surface area contributed by atoms with Crippen LogP contribution in [0, 0.1) is 5.92 Å². The second kappa shape index (κ2) is 9.79. The molecule has 2 atom stereocenters. The van der Waals surface area contributed by atoms with Crippen molar-refractivity contribution in [2.45, 2.75) is 31.4 Å². The molecule has 0 aromatic heterocycles. The maximum atomic E-state index is 12.7. The van der Waals surface area contributed by atoms with Gasteiger partial charge in [0.05, 0.1) is 5.92 Å². The van der Waals surface area contributed by atoms with Gasteiger partial charge in [0.2, 0.25) is 5.91 Å². The van der Waals surface area contributed by atoms with Crippen molar-refractivity contribution in [3.8, 4) is 11.5 Å². The summed E-state index contributed by atoms with van der Waals surface area (Å²) in [7, 11) is 0. The zero-order chi connectivity index (χ0) is 21.8. The molecule has 0 radical (unpaired) electrons. The Bertz CT molecular complexity index is 912. The summed E-state index contributed by atoms with van der Waals surface area (Å²) in [6.45, 7) is 1.21. The first-order valence-electron chi connectivity index (χ1n) is 10.4. The van der Waals surface area contributed by atoms with Gasteiger partial charge in [-0.05, 0) is 61.4 Å². The highest BCUT2D eigenvalue weighted by Gasteiger charge is 2.47. The van der Waals surface area contributed by atoms with E-state index in [4.69, 9.17) is 32.7 Å². The topological polar surface area (TPSA) is 67.9 Å². The normalized spacial score (nSPS) is 20.8. The van der Waals surface area contributed by atoms with E-state index in [1.807, 2.05) is 17.0 Å². The molecule has 1 heterocycles. The molecule has 2 aromatic rings. The minimum absolute atomic E-state index is 0.0469. The highest BCUT2D eigenvalue weighted by Crippen LogP contribution is 2.37. The molecule has 1 saturated heterocycles. The molecule has 2 amide bonds. The van der Waals surface area contributed by atoms with Crippen molar-refractivity contribution in [1.82, 2.24) is 10.2 Å². The number of ether oxygens (including phenoxy) is 2. The SMILES string of the molecule is O=C(COc1ccc(Cl)cc1)NC1CCN(C(=O)C2CC2Oc2ccc(Cl)cc2)CC1. The summed E-state index contributed by atoms with van der Waals surface area (Å²) in [5, 5.41) is 4.26. The molecule has 8 heteroatoms. The molecule has 1 aliphatic carbocycles. The Morgan fingerprint density at radius 1 is 0.935 bits per heavy atom. The minimum atomic E-state index is -0.168. The maximum absolute atomic E-state index is 12.7. The van der Waals surface area contributed by atoms with Gasteiger partial charge in [-0.25, -0.2) is 0 Å². The highest BCUT2D eigenvalue weighted by atomic mass is 35.5. The van der Waals surface area contributed by atoms with E-state index in [1.54, 1.807) is 36.4 Å². The van der Waals surface area contributed by atoms with Crippen LogP contribution in [0.1, 0.15) is 19.3 Å². The van der Waals surface area contributed by atoms with Gasteiger partial charge in [-0.15, -0.1) is 0 Å². The average molecular weight is 463 g/mol. The fourth-order valence-corrected chi connectivity index (χ4v) is 3.93. The lowest BCUT2D eigenvalue weighted by Crippen LogP contribution is -2.48.